The van der Waals surface area contributed by atoms with Gasteiger partial charge in [-0.05, 0) is 35.9 Å². The molecule has 3 amide bonds. The summed E-state index contributed by atoms with van der Waals surface area (Å²) in [6, 6.07) is 10.6. The molecular weight excluding hydrogens is 522 g/mol. The van der Waals surface area contributed by atoms with Gasteiger partial charge in [-0.1, -0.05) is 23.7 Å². The normalized spacial score (nSPS) is 14.7. The van der Waals surface area contributed by atoms with Crippen LogP contribution in [0.15, 0.2) is 73.4 Å². The smallest absolute Gasteiger partial charge is 0.258 e. The summed E-state index contributed by atoms with van der Waals surface area (Å²) in [5.74, 6) is -0.504. The second-order valence-corrected chi connectivity index (χ2v) is 9.06. The Balaban J connectivity index is 1.39. The molecule has 1 aliphatic heterocycles. The van der Waals surface area contributed by atoms with E-state index < -0.39 is 11.9 Å². The number of methoxy groups -OCH3 is 1. The van der Waals surface area contributed by atoms with E-state index in [1.54, 1.807) is 48.7 Å². The Kier molecular flexibility index (Phi) is 7.41. The zero-order chi connectivity index (χ0) is 27.4. The van der Waals surface area contributed by atoms with Crippen molar-refractivity contribution >= 4 is 41.0 Å². The van der Waals surface area contributed by atoms with Gasteiger partial charge in [-0.15, -0.1) is 0 Å². The lowest BCUT2D eigenvalue weighted by molar-refractivity contribution is -0.120. The fourth-order valence-corrected chi connectivity index (χ4v) is 4.27. The monoisotopic (exact) mass is 543 g/mol. The highest BCUT2D eigenvalue weighted by Crippen LogP contribution is 2.28. The minimum absolute atomic E-state index is 0.114. The van der Waals surface area contributed by atoms with Gasteiger partial charge in [0, 0.05) is 42.1 Å². The highest BCUT2D eigenvalue weighted by molar-refractivity contribution is 6.31. The quantitative estimate of drug-likeness (QED) is 0.361. The van der Waals surface area contributed by atoms with Crippen LogP contribution in [0.2, 0.25) is 5.02 Å². The molecule has 0 radical (unpaired) electrons. The fourth-order valence-electron chi connectivity index (χ4n) is 4.10. The first-order chi connectivity index (χ1) is 18.9. The van der Waals surface area contributed by atoms with Gasteiger partial charge in [0.2, 0.25) is 11.9 Å². The van der Waals surface area contributed by atoms with E-state index >= 15 is 0 Å². The maximum absolute atomic E-state index is 13.7. The van der Waals surface area contributed by atoms with Crippen LogP contribution in [0.3, 0.4) is 0 Å². The summed E-state index contributed by atoms with van der Waals surface area (Å²) in [5.41, 5.74) is 2.32. The third kappa shape index (κ3) is 5.83. The van der Waals surface area contributed by atoms with E-state index in [1.807, 2.05) is 0 Å². The van der Waals surface area contributed by atoms with Gasteiger partial charge in [-0.25, -0.2) is 9.97 Å². The average Bonchev–Trinajstić information content (AvgIpc) is 3.04. The molecule has 2 aromatic carbocycles. The number of hydrogen-bond donors (Lipinski definition) is 2. The molecule has 2 aromatic heterocycles. The molecule has 39 heavy (non-hydrogen) atoms. The van der Waals surface area contributed by atoms with Gasteiger partial charge < -0.3 is 15.0 Å². The summed E-state index contributed by atoms with van der Waals surface area (Å²) >= 11 is 6.12. The first kappa shape index (κ1) is 25.7. The number of carbonyl (C=O) groups excluding carboxylic acids is 3. The van der Waals surface area contributed by atoms with Crippen molar-refractivity contribution in [2.75, 3.05) is 17.7 Å². The molecule has 1 aliphatic rings. The van der Waals surface area contributed by atoms with Crippen LogP contribution in [-0.2, 0) is 17.8 Å². The lowest BCUT2D eigenvalue weighted by atomic mass is 10.1. The molecule has 12 heteroatoms. The summed E-state index contributed by atoms with van der Waals surface area (Å²) in [6.07, 6.45) is 7.69. The molecule has 0 bridgehead atoms. The van der Waals surface area contributed by atoms with Gasteiger partial charge >= 0.3 is 0 Å². The van der Waals surface area contributed by atoms with Crippen LogP contribution in [0, 0.1) is 0 Å². The van der Waals surface area contributed by atoms with Crippen LogP contribution >= 0.6 is 11.6 Å². The maximum Gasteiger partial charge on any atom is 0.258 e. The van der Waals surface area contributed by atoms with Crippen LogP contribution in [0.5, 0.6) is 5.75 Å². The van der Waals surface area contributed by atoms with Crippen LogP contribution in [0.4, 0.5) is 11.6 Å². The molecule has 0 unspecified atom stereocenters. The van der Waals surface area contributed by atoms with Gasteiger partial charge in [0.15, 0.2) is 5.75 Å². The molecule has 4 aromatic rings. The topological polar surface area (TPSA) is 139 Å². The zero-order valence-corrected chi connectivity index (χ0v) is 21.4. The molecule has 0 aliphatic carbocycles. The number of nitrogens with zero attached hydrogens (tertiary/aromatic N) is 5. The van der Waals surface area contributed by atoms with Crippen molar-refractivity contribution < 1.29 is 19.1 Å². The summed E-state index contributed by atoms with van der Waals surface area (Å²) < 4.78 is 5.02. The summed E-state index contributed by atoms with van der Waals surface area (Å²) in [7, 11) is 1.50. The first-order valence-corrected chi connectivity index (χ1v) is 12.2. The molecule has 0 fully saturated rings. The minimum Gasteiger partial charge on any atom is -0.494 e. The standard InChI is InChI=1S/C27H22ClN7O4/c1-39-20-13-31-27(32-14-20)34-24(36)17-4-2-16(3-5-17)15-35-23(11-19-12-29-8-9-30-19)25(37)33-22-10-18(28)6-7-21(22)26(35)38/h2-10,12-14,23H,11,15H2,1H3,(H,33,37)(H,31,32,34,36)/t23-/m1/s1. The number of fused-ring (bicyclic) bond motifs is 1. The highest BCUT2D eigenvalue weighted by Gasteiger charge is 2.36. The Morgan fingerprint density at radius 2 is 1.82 bits per heavy atom. The van der Waals surface area contributed by atoms with E-state index in [0.29, 0.717) is 33.3 Å². The number of benzene rings is 2. The predicted octanol–water partition coefficient (Wildman–Crippen LogP) is 3.39. The van der Waals surface area contributed by atoms with E-state index in [4.69, 9.17) is 16.3 Å². The predicted molar refractivity (Wildman–Crippen MR) is 142 cm³/mol. The molecule has 0 saturated heterocycles. The number of halogens is 1. The van der Waals surface area contributed by atoms with E-state index in [-0.39, 0.29) is 30.7 Å². The van der Waals surface area contributed by atoms with Gasteiger partial charge in [-0.3, -0.25) is 29.7 Å². The molecule has 5 rings (SSSR count). The van der Waals surface area contributed by atoms with Crippen LogP contribution in [-0.4, -0.2) is 55.7 Å². The number of nitrogens with one attached hydrogen (secondary N) is 2. The second kappa shape index (κ2) is 11.2. The maximum atomic E-state index is 13.7. The first-order valence-electron chi connectivity index (χ1n) is 11.8. The lowest BCUT2D eigenvalue weighted by Gasteiger charge is -2.28. The van der Waals surface area contributed by atoms with Crippen molar-refractivity contribution in [2.45, 2.75) is 19.0 Å². The molecular formula is C27H22ClN7O4. The zero-order valence-electron chi connectivity index (χ0n) is 20.7. The number of anilines is 2. The Hall–Kier alpha value is -4.90. The minimum atomic E-state index is -0.865. The SMILES string of the molecule is COc1cnc(NC(=O)c2ccc(CN3C(=O)c4ccc(Cl)cc4NC(=O)[C@H]3Cc3cnccn3)cc2)nc1. The summed E-state index contributed by atoms with van der Waals surface area (Å²) in [6.45, 7) is 0.114. The molecule has 196 valence electrons. The number of aromatic nitrogens is 4. The van der Waals surface area contributed by atoms with E-state index in [0.717, 1.165) is 5.56 Å². The third-order valence-electron chi connectivity index (χ3n) is 6.09. The summed E-state index contributed by atoms with van der Waals surface area (Å²) in [4.78, 5) is 57.6. The number of hydrogen-bond acceptors (Lipinski definition) is 8. The Labute approximate surface area is 228 Å². The Morgan fingerprint density at radius 1 is 1.05 bits per heavy atom. The van der Waals surface area contributed by atoms with Crippen molar-refractivity contribution in [2.24, 2.45) is 0 Å². The molecule has 0 spiro atoms. The van der Waals surface area contributed by atoms with Crippen molar-refractivity contribution in [3.63, 3.8) is 0 Å². The molecule has 11 nitrogen and oxygen atoms in total. The van der Waals surface area contributed by atoms with E-state index in [9.17, 15) is 14.4 Å². The number of carbonyl (C=O) groups is 3. The van der Waals surface area contributed by atoms with Crippen LogP contribution in [0.25, 0.3) is 0 Å². The second-order valence-electron chi connectivity index (χ2n) is 8.63. The summed E-state index contributed by atoms with van der Waals surface area (Å²) in [5, 5.41) is 5.85. The number of ether oxygens (including phenoxy) is 1. The highest BCUT2D eigenvalue weighted by atomic mass is 35.5. The van der Waals surface area contributed by atoms with Crippen LogP contribution in [0.1, 0.15) is 32.0 Å². The van der Waals surface area contributed by atoms with Crippen molar-refractivity contribution in [1.29, 1.82) is 0 Å². The largest absolute Gasteiger partial charge is 0.494 e. The van der Waals surface area contributed by atoms with Crippen molar-refractivity contribution in [3.8, 4) is 5.75 Å². The molecule has 1 atom stereocenters. The average molecular weight is 544 g/mol. The Morgan fingerprint density at radius 3 is 2.51 bits per heavy atom. The molecule has 0 saturated carbocycles. The third-order valence-corrected chi connectivity index (χ3v) is 6.32. The molecule has 2 N–H and O–H groups in total. The van der Waals surface area contributed by atoms with Crippen molar-refractivity contribution in [3.05, 3.63) is 101 Å². The van der Waals surface area contributed by atoms with E-state index in [2.05, 4.69) is 30.6 Å². The Bertz CT molecular complexity index is 1520. The van der Waals surface area contributed by atoms with Gasteiger partial charge in [0.25, 0.3) is 11.8 Å². The van der Waals surface area contributed by atoms with Gasteiger partial charge in [-0.2, -0.15) is 0 Å². The fraction of sp³-hybridized carbons (Fsp3) is 0.148. The van der Waals surface area contributed by atoms with Gasteiger partial charge in [0.1, 0.15) is 6.04 Å². The van der Waals surface area contributed by atoms with Gasteiger partial charge in [0.05, 0.1) is 36.4 Å². The lowest BCUT2D eigenvalue weighted by Crippen LogP contribution is -2.46. The molecule has 3 heterocycles. The number of rotatable bonds is 7. The van der Waals surface area contributed by atoms with E-state index in [1.165, 1.54) is 36.8 Å². The van der Waals surface area contributed by atoms with Crippen LogP contribution < -0.4 is 15.4 Å². The van der Waals surface area contributed by atoms with Crippen molar-refractivity contribution in [1.82, 2.24) is 24.8 Å². The number of amides is 3.